The molecular weight excluding hydrogens is 524 g/mol. The number of carbonyl (C=O) groups is 1. The summed E-state index contributed by atoms with van der Waals surface area (Å²) < 4.78 is 56.6. The van der Waals surface area contributed by atoms with E-state index in [4.69, 9.17) is 11.5 Å². The van der Waals surface area contributed by atoms with Crippen molar-refractivity contribution >= 4 is 11.6 Å². The van der Waals surface area contributed by atoms with Gasteiger partial charge in [-0.3, -0.25) is 9.78 Å². The van der Waals surface area contributed by atoms with E-state index in [9.17, 15) is 22.4 Å². The molecule has 4 aromatic rings. The summed E-state index contributed by atoms with van der Waals surface area (Å²) >= 11 is 0. The highest BCUT2D eigenvalue weighted by atomic mass is 19.4. The van der Waals surface area contributed by atoms with Gasteiger partial charge in [-0.05, 0) is 66.3 Å². The number of nitrogens with zero attached hydrogens (tertiary/aromatic N) is 3. The predicted octanol–water partition coefficient (Wildman–Crippen LogP) is 5.53. The predicted molar refractivity (Wildman–Crippen MR) is 142 cm³/mol. The van der Waals surface area contributed by atoms with Gasteiger partial charge in [-0.25, -0.2) is 9.07 Å². The molecule has 5 rings (SSSR count). The SMILES string of the molecule is NCc1cccc(-n2nc(C(F)(F)F)cc2C(=O)Nc2cc(C(N)(CCC3CC3)c3ccccn3)ccc2F)c1. The first kappa shape index (κ1) is 27.5. The Morgan fingerprint density at radius 2 is 1.82 bits per heavy atom. The molecule has 1 amide bonds. The molecule has 208 valence electrons. The van der Waals surface area contributed by atoms with Crippen LogP contribution in [0, 0.1) is 11.7 Å². The van der Waals surface area contributed by atoms with Crippen molar-refractivity contribution in [1.82, 2.24) is 14.8 Å². The van der Waals surface area contributed by atoms with Crippen LogP contribution in [0.5, 0.6) is 0 Å². The molecule has 0 aliphatic heterocycles. The van der Waals surface area contributed by atoms with Crippen LogP contribution in [0.3, 0.4) is 0 Å². The minimum atomic E-state index is -4.81. The summed E-state index contributed by atoms with van der Waals surface area (Å²) in [6, 6.07) is 16.4. The van der Waals surface area contributed by atoms with Crippen LogP contribution in [0.15, 0.2) is 72.9 Å². The van der Waals surface area contributed by atoms with Gasteiger partial charge in [-0.15, -0.1) is 0 Å². The van der Waals surface area contributed by atoms with Crippen LogP contribution in [-0.2, 0) is 18.3 Å². The van der Waals surface area contributed by atoms with Crippen LogP contribution in [0.2, 0.25) is 0 Å². The summed E-state index contributed by atoms with van der Waals surface area (Å²) in [6.07, 6.45) is 0.482. The quantitative estimate of drug-likeness (QED) is 0.237. The lowest BCUT2D eigenvalue weighted by molar-refractivity contribution is -0.141. The van der Waals surface area contributed by atoms with E-state index in [0.29, 0.717) is 35.2 Å². The third kappa shape index (κ3) is 5.75. The molecule has 1 aliphatic carbocycles. The van der Waals surface area contributed by atoms with E-state index < -0.39 is 34.8 Å². The number of amides is 1. The summed E-state index contributed by atoms with van der Waals surface area (Å²) in [5.74, 6) is -1.17. The summed E-state index contributed by atoms with van der Waals surface area (Å²) in [5.41, 5.74) is 11.5. The second kappa shape index (κ2) is 10.8. The molecule has 1 unspecified atom stereocenters. The number of hydrogen-bond donors (Lipinski definition) is 3. The minimum Gasteiger partial charge on any atom is -0.326 e. The Balaban J connectivity index is 1.51. The van der Waals surface area contributed by atoms with Crippen molar-refractivity contribution in [1.29, 1.82) is 0 Å². The van der Waals surface area contributed by atoms with Gasteiger partial charge in [0.15, 0.2) is 5.69 Å². The molecule has 1 aliphatic rings. The van der Waals surface area contributed by atoms with Crippen molar-refractivity contribution < 1.29 is 22.4 Å². The lowest BCUT2D eigenvalue weighted by Gasteiger charge is -2.30. The van der Waals surface area contributed by atoms with Crippen LogP contribution in [0.4, 0.5) is 23.2 Å². The standard InChI is InChI=1S/C29H28F4N6O/c30-22-10-9-20(28(35,12-11-18-7-8-18)25-6-1-2-13-36-25)15-23(22)37-27(40)24-16-26(29(31,32)33)38-39(24)21-5-3-4-19(14-21)17-34/h1-6,9-10,13-16,18H,7-8,11-12,17,34-35H2,(H,37,40). The molecule has 0 radical (unpaired) electrons. The maximum absolute atomic E-state index is 15.0. The molecule has 1 saturated carbocycles. The molecule has 40 heavy (non-hydrogen) atoms. The maximum atomic E-state index is 15.0. The van der Waals surface area contributed by atoms with Crippen LogP contribution < -0.4 is 16.8 Å². The Labute approximate surface area is 228 Å². The highest BCUT2D eigenvalue weighted by molar-refractivity contribution is 6.03. The number of aromatic nitrogens is 3. The van der Waals surface area contributed by atoms with Crippen LogP contribution >= 0.6 is 0 Å². The smallest absolute Gasteiger partial charge is 0.326 e. The van der Waals surface area contributed by atoms with Crippen LogP contribution in [-0.4, -0.2) is 20.7 Å². The van der Waals surface area contributed by atoms with Gasteiger partial charge in [0.05, 0.1) is 22.6 Å². The molecule has 7 nitrogen and oxygen atoms in total. The first-order valence-electron chi connectivity index (χ1n) is 12.9. The van der Waals surface area contributed by atoms with Gasteiger partial charge in [-0.1, -0.05) is 37.1 Å². The molecule has 0 spiro atoms. The zero-order valence-electron chi connectivity index (χ0n) is 21.5. The van der Waals surface area contributed by atoms with Gasteiger partial charge in [0.1, 0.15) is 11.5 Å². The maximum Gasteiger partial charge on any atom is 0.435 e. The van der Waals surface area contributed by atoms with Gasteiger partial charge in [0.25, 0.3) is 5.91 Å². The fourth-order valence-electron chi connectivity index (χ4n) is 4.66. The van der Waals surface area contributed by atoms with Gasteiger partial charge in [-0.2, -0.15) is 18.3 Å². The van der Waals surface area contributed by atoms with E-state index in [1.54, 1.807) is 30.5 Å². The van der Waals surface area contributed by atoms with E-state index in [2.05, 4.69) is 15.4 Å². The van der Waals surface area contributed by atoms with Crippen molar-refractivity contribution in [2.75, 3.05) is 5.32 Å². The second-order valence-corrected chi connectivity index (χ2v) is 10.0. The molecule has 2 aromatic carbocycles. The summed E-state index contributed by atoms with van der Waals surface area (Å²) in [6.45, 7) is 0.138. The second-order valence-electron chi connectivity index (χ2n) is 10.0. The Hall–Kier alpha value is -4.09. The monoisotopic (exact) mass is 552 g/mol. The Morgan fingerprint density at radius 3 is 2.50 bits per heavy atom. The molecule has 11 heteroatoms. The van der Waals surface area contributed by atoms with Crippen molar-refractivity contribution in [2.24, 2.45) is 17.4 Å². The van der Waals surface area contributed by atoms with Gasteiger partial charge in [0.2, 0.25) is 0 Å². The Bertz CT molecular complexity index is 1520. The number of hydrogen-bond acceptors (Lipinski definition) is 5. The Kier molecular flexibility index (Phi) is 7.43. The van der Waals surface area contributed by atoms with Gasteiger partial charge in [0, 0.05) is 18.8 Å². The van der Waals surface area contributed by atoms with E-state index in [0.717, 1.165) is 23.9 Å². The van der Waals surface area contributed by atoms with E-state index >= 15 is 0 Å². The number of nitrogens with two attached hydrogens (primary N) is 2. The number of benzene rings is 2. The highest BCUT2D eigenvalue weighted by Gasteiger charge is 2.37. The molecule has 0 saturated heterocycles. The number of rotatable bonds is 9. The summed E-state index contributed by atoms with van der Waals surface area (Å²) in [4.78, 5) is 17.8. The number of carbonyl (C=O) groups excluding carboxylic acids is 1. The zero-order valence-corrected chi connectivity index (χ0v) is 21.5. The molecule has 5 N–H and O–H groups in total. The van der Waals surface area contributed by atoms with Crippen LogP contribution in [0.25, 0.3) is 5.69 Å². The van der Waals surface area contributed by atoms with Crippen molar-refractivity contribution in [3.05, 3.63) is 107 Å². The first-order valence-corrected chi connectivity index (χ1v) is 12.9. The van der Waals surface area contributed by atoms with E-state index in [-0.39, 0.29) is 17.9 Å². The van der Waals surface area contributed by atoms with Crippen molar-refractivity contribution in [3.8, 4) is 5.69 Å². The molecule has 2 aromatic heterocycles. The van der Waals surface area contributed by atoms with E-state index in [1.807, 2.05) is 6.07 Å². The molecule has 1 atom stereocenters. The number of pyridine rings is 1. The largest absolute Gasteiger partial charge is 0.435 e. The lowest BCUT2D eigenvalue weighted by Crippen LogP contribution is -2.39. The lowest BCUT2D eigenvalue weighted by atomic mass is 9.82. The Morgan fingerprint density at radius 1 is 1.02 bits per heavy atom. The highest BCUT2D eigenvalue weighted by Crippen LogP contribution is 2.40. The minimum absolute atomic E-state index is 0.138. The number of alkyl halides is 3. The normalized spacial score (nSPS) is 15.1. The molecular formula is C29H28F4N6O. The number of anilines is 1. The fraction of sp³-hybridized carbons (Fsp3) is 0.276. The first-order chi connectivity index (χ1) is 19.1. The number of nitrogens with one attached hydrogen (secondary N) is 1. The van der Waals surface area contributed by atoms with Gasteiger partial charge >= 0.3 is 6.18 Å². The number of halogens is 4. The topological polar surface area (TPSA) is 112 Å². The molecule has 0 bridgehead atoms. The van der Waals surface area contributed by atoms with Crippen LogP contribution in [0.1, 0.15) is 58.7 Å². The van der Waals surface area contributed by atoms with Crippen molar-refractivity contribution in [2.45, 2.75) is 43.9 Å². The van der Waals surface area contributed by atoms with E-state index in [1.165, 1.54) is 30.3 Å². The third-order valence-corrected chi connectivity index (χ3v) is 7.12. The molecule has 1 fully saturated rings. The summed E-state index contributed by atoms with van der Waals surface area (Å²) in [7, 11) is 0. The molecule has 2 heterocycles. The average Bonchev–Trinajstić information content (AvgIpc) is 3.67. The fourth-order valence-corrected chi connectivity index (χ4v) is 4.66. The average molecular weight is 553 g/mol. The zero-order chi connectivity index (χ0) is 28.5. The van der Waals surface area contributed by atoms with Gasteiger partial charge < -0.3 is 16.8 Å². The summed E-state index contributed by atoms with van der Waals surface area (Å²) in [5, 5.41) is 6.05. The third-order valence-electron chi connectivity index (χ3n) is 7.12. The van der Waals surface area contributed by atoms with Crippen molar-refractivity contribution in [3.63, 3.8) is 0 Å².